The van der Waals surface area contributed by atoms with Crippen molar-refractivity contribution in [3.05, 3.63) is 60.3 Å². The number of aromatic nitrogens is 4. The Morgan fingerprint density at radius 1 is 1.06 bits per heavy atom. The van der Waals surface area contributed by atoms with Gasteiger partial charge in [-0.1, -0.05) is 12.1 Å². The number of nitrogens with one attached hydrogen (secondary N) is 3. The van der Waals surface area contributed by atoms with Gasteiger partial charge >= 0.3 is 0 Å². The molecule has 1 amide bonds. The molecule has 1 saturated carbocycles. The van der Waals surface area contributed by atoms with E-state index >= 15 is 0 Å². The van der Waals surface area contributed by atoms with Crippen LogP contribution in [0.15, 0.2) is 54.7 Å². The minimum Gasteiger partial charge on any atom is -0.326 e. The lowest BCUT2D eigenvalue weighted by molar-refractivity contribution is -0.114. The van der Waals surface area contributed by atoms with Gasteiger partial charge in [0.25, 0.3) is 0 Å². The molecule has 1 aliphatic rings. The van der Waals surface area contributed by atoms with Gasteiger partial charge in [0.15, 0.2) is 0 Å². The fourth-order valence-corrected chi connectivity index (χ4v) is 3.57. The van der Waals surface area contributed by atoms with Crippen LogP contribution < -0.4 is 16.0 Å². The number of fused-ring (bicyclic) bond motifs is 1. The number of carbonyl (C=O) groups is 1. The van der Waals surface area contributed by atoms with E-state index in [4.69, 9.17) is 4.98 Å². The summed E-state index contributed by atoms with van der Waals surface area (Å²) in [6.45, 7) is 3.45. The van der Waals surface area contributed by atoms with Gasteiger partial charge in [0.05, 0.1) is 17.8 Å². The standard InChI is InChI=1S/C23H23N7O/c1-14-13-16(7-10-19(14)25-15(2)31)26-23-27-20-6-4-3-5-18(20)22(29-23)28-21-11-12-24-30(21)17-8-9-17/h3-7,10-13,17H,8-9H2,1-2H3,(H,25,31)(H2,26,27,28,29). The summed E-state index contributed by atoms with van der Waals surface area (Å²) in [5, 5.41) is 14.9. The third-order valence-corrected chi connectivity index (χ3v) is 5.21. The van der Waals surface area contributed by atoms with Crippen molar-refractivity contribution in [3.8, 4) is 0 Å². The first-order chi connectivity index (χ1) is 15.1. The van der Waals surface area contributed by atoms with Gasteiger partial charge in [0, 0.05) is 29.8 Å². The highest BCUT2D eigenvalue weighted by Gasteiger charge is 2.26. The van der Waals surface area contributed by atoms with E-state index in [0.29, 0.717) is 12.0 Å². The summed E-state index contributed by atoms with van der Waals surface area (Å²) >= 11 is 0. The van der Waals surface area contributed by atoms with E-state index in [1.807, 2.05) is 66.3 Å². The van der Waals surface area contributed by atoms with E-state index < -0.39 is 0 Å². The highest BCUT2D eigenvalue weighted by atomic mass is 16.1. The molecular formula is C23H23N7O. The predicted molar refractivity (Wildman–Crippen MR) is 122 cm³/mol. The topological polar surface area (TPSA) is 96.8 Å². The molecule has 156 valence electrons. The van der Waals surface area contributed by atoms with Gasteiger partial charge < -0.3 is 16.0 Å². The Bertz CT molecular complexity index is 1280. The van der Waals surface area contributed by atoms with E-state index in [1.54, 1.807) is 0 Å². The fourth-order valence-electron chi connectivity index (χ4n) is 3.57. The van der Waals surface area contributed by atoms with Gasteiger partial charge in [-0.3, -0.25) is 4.79 Å². The average Bonchev–Trinajstić information content (AvgIpc) is 3.48. The maximum Gasteiger partial charge on any atom is 0.229 e. The van der Waals surface area contributed by atoms with Crippen LogP contribution in [0.4, 0.5) is 29.0 Å². The SMILES string of the molecule is CC(=O)Nc1ccc(Nc2nc(Nc3ccnn3C3CC3)c3ccccc3n2)cc1C. The minimum atomic E-state index is -0.0946. The Balaban J connectivity index is 1.47. The third-order valence-electron chi connectivity index (χ3n) is 5.21. The van der Waals surface area contributed by atoms with E-state index in [-0.39, 0.29) is 5.91 Å². The highest BCUT2D eigenvalue weighted by Crippen LogP contribution is 2.37. The van der Waals surface area contributed by atoms with Gasteiger partial charge in [-0.15, -0.1) is 0 Å². The van der Waals surface area contributed by atoms with Gasteiger partial charge in [-0.05, 0) is 55.7 Å². The number of rotatable bonds is 6. The molecule has 1 aliphatic carbocycles. The first-order valence-corrected chi connectivity index (χ1v) is 10.3. The second kappa shape index (κ2) is 7.71. The third kappa shape index (κ3) is 4.05. The van der Waals surface area contributed by atoms with Crippen LogP contribution in [0, 0.1) is 6.92 Å². The first-order valence-electron chi connectivity index (χ1n) is 10.3. The van der Waals surface area contributed by atoms with E-state index in [1.165, 1.54) is 6.92 Å². The van der Waals surface area contributed by atoms with Crippen LogP contribution in [0.2, 0.25) is 0 Å². The Morgan fingerprint density at radius 3 is 2.68 bits per heavy atom. The number of anilines is 5. The number of aryl methyl sites for hydroxylation is 1. The molecule has 5 rings (SSSR count). The number of amides is 1. The molecule has 0 radical (unpaired) electrons. The first kappa shape index (κ1) is 19.0. The van der Waals surface area contributed by atoms with Gasteiger partial charge in [-0.25, -0.2) is 9.67 Å². The van der Waals surface area contributed by atoms with E-state index in [2.05, 4.69) is 26.0 Å². The summed E-state index contributed by atoms with van der Waals surface area (Å²) < 4.78 is 2.02. The fraction of sp³-hybridized carbons (Fsp3) is 0.217. The molecule has 31 heavy (non-hydrogen) atoms. The van der Waals surface area contributed by atoms with Gasteiger partial charge in [0.2, 0.25) is 11.9 Å². The Kier molecular flexibility index (Phi) is 4.74. The summed E-state index contributed by atoms with van der Waals surface area (Å²) in [7, 11) is 0. The number of hydrogen-bond acceptors (Lipinski definition) is 6. The molecule has 0 saturated heterocycles. The van der Waals surface area contributed by atoms with Crippen molar-refractivity contribution in [1.82, 2.24) is 19.7 Å². The Hall–Kier alpha value is -3.94. The maximum absolute atomic E-state index is 11.3. The number of nitrogens with zero attached hydrogens (tertiary/aromatic N) is 4. The van der Waals surface area contributed by atoms with E-state index in [9.17, 15) is 4.79 Å². The van der Waals surface area contributed by atoms with Crippen LogP contribution in [0.5, 0.6) is 0 Å². The highest BCUT2D eigenvalue weighted by molar-refractivity contribution is 5.92. The quantitative estimate of drug-likeness (QED) is 0.415. The summed E-state index contributed by atoms with van der Waals surface area (Å²) in [5.74, 6) is 2.04. The van der Waals surface area contributed by atoms with E-state index in [0.717, 1.165) is 52.3 Å². The molecule has 4 aromatic rings. The largest absolute Gasteiger partial charge is 0.326 e. The summed E-state index contributed by atoms with van der Waals surface area (Å²) in [6, 6.07) is 16.1. The summed E-state index contributed by atoms with van der Waals surface area (Å²) in [6.07, 6.45) is 4.12. The van der Waals surface area contributed by atoms with Gasteiger partial charge in [0.1, 0.15) is 11.6 Å². The second-order valence-electron chi connectivity index (χ2n) is 7.77. The van der Waals surface area contributed by atoms with Crippen molar-refractivity contribution in [2.75, 3.05) is 16.0 Å². The zero-order chi connectivity index (χ0) is 21.4. The molecule has 0 bridgehead atoms. The van der Waals surface area contributed by atoms with Crippen molar-refractivity contribution in [2.45, 2.75) is 32.7 Å². The number of benzene rings is 2. The molecule has 2 aromatic heterocycles. The van der Waals surface area contributed by atoms with Crippen molar-refractivity contribution in [1.29, 1.82) is 0 Å². The maximum atomic E-state index is 11.3. The lowest BCUT2D eigenvalue weighted by Crippen LogP contribution is -2.08. The van der Waals surface area contributed by atoms with Crippen molar-refractivity contribution in [2.24, 2.45) is 0 Å². The smallest absolute Gasteiger partial charge is 0.229 e. The molecule has 8 nitrogen and oxygen atoms in total. The molecule has 2 aromatic carbocycles. The number of para-hydroxylation sites is 1. The molecule has 8 heteroatoms. The minimum absolute atomic E-state index is 0.0946. The van der Waals surface area contributed by atoms with Crippen molar-refractivity contribution >= 4 is 45.8 Å². The van der Waals surface area contributed by atoms with Crippen LogP contribution in [0.25, 0.3) is 10.9 Å². The van der Waals surface area contributed by atoms with Crippen LogP contribution in [0.3, 0.4) is 0 Å². The van der Waals surface area contributed by atoms with Crippen LogP contribution in [-0.4, -0.2) is 25.7 Å². The van der Waals surface area contributed by atoms with Crippen molar-refractivity contribution < 1.29 is 4.79 Å². The zero-order valence-electron chi connectivity index (χ0n) is 17.4. The van der Waals surface area contributed by atoms with Gasteiger partial charge in [-0.2, -0.15) is 10.1 Å². The lowest BCUT2D eigenvalue weighted by Gasteiger charge is -2.14. The molecule has 0 aliphatic heterocycles. The average molecular weight is 413 g/mol. The molecule has 2 heterocycles. The number of hydrogen-bond donors (Lipinski definition) is 3. The van der Waals surface area contributed by atoms with Crippen molar-refractivity contribution in [3.63, 3.8) is 0 Å². The molecule has 0 atom stereocenters. The normalized spacial score (nSPS) is 13.2. The second-order valence-corrected chi connectivity index (χ2v) is 7.77. The Morgan fingerprint density at radius 2 is 1.90 bits per heavy atom. The Labute approximate surface area is 179 Å². The molecule has 0 spiro atoms. The molecule has 1 fully saturated rings. The predicted octanol–water partition coefficient (Wildman–Crippen LogP) is 4.92. The molecular weight excluding hydrogens is 390 g/mol. The number of carbonyl (C=O) groups excluding carboxylic acids is 1. The molecule has 3 N–H and O–H groups in total. The summed E-state index contributed by atoms with van der Waals surface area (Å²) in [5.41, 5.74) is 3.42. The van der Waals surface area contributed by atoms with Crippen LogP contribution in [0.1, 0.15) is 31.4 Å². The summed E-state index contributed by atoms with van der Waals surface area (Å²) in [4.78, 5) is 20.8. The van der Waals surface area contributed by atoms with Crippen LogP contribution >= 0.6 is 0 Å². The zero-order valence-corrected chi connectivity index (χ0v) is 17.4. The molecule has 0 unspecified atom stereocenters. The van der Waals surface area contributed by atoms with Crippen LogP contribution in [-0.2, 0) is 4.79 Å². The lowest BCUT2D eigenvalue weighted by atomic mass is 10.1. The monoisotopic (exact) mass is 413 g/mol.